The molecular weight excluding hydrogens is 234 g/mol. The third-order valence-electron chi connectivity index (χ3n) is 2.54. The first-order chi connectivity index (χ1) is 7.32. The van der Waals surface area contributed by atoms with Crippen molar-refractivity contribution in [3.63, 3.8) is 0 Å². The van der Waals surface area contributed by atoms with E-state index in [1.54, 1.807) is 13.8 Å². The van der Waals surface area contributed by atoms with E-state index in [2.05, 4.69) is 4.74 Å². The topological polar surface area (TPSA) is 87.1 Å². The van der Waals surface area contributed by atoms with Crippen molar-refractivity contribution < 1.29 is 24.5 Å². The van der Waals surface area contributed by atoms with Crippen molar-refractivity contribution in [3.8, 4) is 0 Å². The van der Waals surface area contributed by atoms with Gasteiger partial charge in [-0.1, -0.05) is 0 Å². The van der Waals surface area contributed by atoms with E-state index in [9.17, 15) is 14.7 Å². The van der Waals surface area contributed by atoms with E-state index < -0.39 is 17.7 Å². The molecule has 2 aliphatic heterocycles. The maximum Gasteiger partial charge on any atom is 0.512 e. The van der Waals surface area contributed by atoms with Gasteiger partial charge in [-0.3, -0.25) is 9.69 Å². The second-order valence-electron chi connectivity index (χ2n) is 4.19. The van der Waals surface area contributed by atoms with Crippen LogP contribution in [0.1, 0.15) is 13.8 Å². The van der Waals surface area contributed by atoms with Crippen molar-refractivity contribution >= 4 is 23.8 Å². The van der Waals surface area contributed by atoms with Crippen LogP contribution in [0, 0.1) is 5.92 Å². The fourth-order valence-corrected chi connectivity index (χ4v) is 3.19. The predicted octanol–water partition coefficient (Wildman–Crippen LogP) is 0.782. The number of aliphatic hydroxyl groups is 1. The van der Waals surface area contributed by atoms with Crippen LogP contribution in [0.3, 0.4) is 0 Å². The molecule has 0 bridgehead atoms. The Labute approximate surface area is 95.9 Å². The Morgan fingerprint density at radius 3 is 2.75 bits per heavy atom. The molecule has 0 aromatic carbocycles. The Morgan fingerprint density at radius 2 is 2.25 bits per heavy atom. The summed E-state index contributed by atoms with van der Waals surface area (Å²) in [6.07, 6.45) is -1.45. The van der Waals surface area contributed by atoms with Gasteiger partial charge in [0.2, 0.25) is 11.8 Å². The number of hydrogen-bond donors (Lipinski definition) is 2. The number of carbonyl (C=O) groups excluding carboxylic acids is 1. The highest BCUT2D eigenvalue weighted by molar-refractivity contribution is 8.03. The number of hydrogen-bond acceptors (Lipinski definition) is 5. The van der Waals surface area contributed by atoms with Gasteiger partial charge in [0.15, 0.2) is 0 Å². The Kier molecular flexibility index (Phi) is 2.39. The number of β-lactam (4-membered cyclic amide) rings is 1. The SMILES string of the molecule is CC(C)(O)C1C(=O)N2C(OC(=O)O)=CS[C@@H]12. The molecule has 1 unspecified atom stereocenters. The third-order valence-corrected chi connectivity index (χ3v) is 3.64. The minimum absolute atomic E-state index is 0.0213. The van der Waals surface area contributed by atoms with Gasteiger partial charge in [0.25, 0.3) is 0 Å². The monoisotopic (exact) mass is 245 g/mol. The van der Waals surface area contributed by atoms with Crippen LogP contribution >= 0.6 is 11.8 Å². The molecule has 16 heavy (non-hydrogen) atoms. The Balaban J connectivity index is 2.11. The van der Waals surface area contributed by atoms with Crippen LogP contribution in [0.2, 0.25) is 0 Å². The number of fused-ring (bicyclic) bond motifs is 1. The zero-order valence-electron chi connectivity index (χ0n) is 8.71. The summed E-state index contributed by atoms with van der Waals surface area (Å²) in [5.41, 5.74) is -1.11. The number of carboxylic acid groups (broad SMARTS) is 1. The van der Waals surface area contributed by atoms with Gasteiger partial charge in [0.1, 0.15) is 5.37 Å². The first-order valence-electron chi connectivity index (χ1n) is 4.64. The lowest BCUT2D eigenvalue weighted by atomic mass is 9.83. The molecule has 6 nitrogen and oxygen atoms in total. The highest BCUT2D eigenvalue weighted by Crippen LogP contribution is 2.48. The van der Waals surface area contributed by atoms with Crippen molar-refractivity contribution in [2.24, 2.45) is 5.92 Å². The number of ether oxygens (including phenoxy) is 1. The lowest BCUT2D eigenvalue weighted by molar-refractivity contribution is -0.163. The van der Waals surface area contributed by atoms with E-state index in [-0.39, 0.29) is 17.2 Å². The molecule has 2 rings (SSSR count). The maximum absolute atomic E-state index is 11.7. The molecular formula is C9H11NO5S. The molecule has 0 aliphatic carbocycles. The van der Waals surface area contributed by atoms with Crippen molar-refractivity contribution in [2.75, 3.05) is 0 Å². The van der Waals surface area contributed by atoms with E-state index in [0.29, 0.717) is 0 Å². The lowest BCUT2D eigenvalue weighted by Crippen LogP contribution is -2.63. The largest absolute Gasteiger partial charge is 0.512 e. The van der Waals surface area contributed by atoms with Crippen LogP contribution in [-0.4, -0.2) is 38.2 Å². The summed E-state index contributed by atoms with van der Waals surface area (Å²) in [4.78, 5) is 23.3. The zero-order chi connectivity index (χ0) is 12.1. The summed E-state index contributed by atoms with van der Waals surface area (Å²) in [6.45, 7) is 3.12. The zero-order valence-corrected chi connectivity index (χ0v) is 9.52. The Bertz CT molecular complexity index is 386. The van der Waals surface area contributed by atoms with Gasteiger partial charge < -0.3 is 14.9 Å². The van der Waals surface area contributed by atoms with E-state index in [4.69, 9.17) is 5.11 Å². The summed E-state index contributed by atoms with van der Waals surface area (Å²) in [5, 5.41) is 19.4. The number of carbonyl (C=O) groups is 2. The first-order valence-corrected chi connectivity index (χ1v) is 5.58. The van der Waals surface area contributed by atoms with Crippen LogP contribution in [0.4, 0.5) is 4.79 Å². The van der Waals surface area contributed by atoms with Crippen LogP contribution in [0.5, 0.6) is 0 Å². The van der Waals surface area contributed by atoms with E-state index in [1.165, 1.54) is 22.1 Å². The Hall–Kier alpha value is -1.21. The summed E-state index contributed by atoms with van der Waals surface area (Å²) < 4.78 is 4.46. The van der Waals surface area contributed by atoms with Crippen LogP contribution in [0.15, 0.2) is 11.3 Å². The number of rotatable bonds is 2. The number of nitrogens with zero attached hydrogens (tertiary/aromatic N) is 1. The minimum Gasteiger partial charge on any atom is -0.449 e. The van der Waals surface area contributed by atoms with Crippen LogP contribution in [0.25, 0.3) is 0 Å². The fraction of sp³-hybridized carbons (Fsp3) is 0.556. The maximum atomic E-state index is 11.7. The lowest BCUT2D eigenvalue weighted by Gasteiger charge is -2.47. The molecule has 0 aromatic heterocycles. The number of amides is 1. The van der Waals surface area contributed by atoms with Crippen molar-refractivity contribution in [2.45, 2.75) is 24.8 Å². The Morgan fingerprint density at radius 1 is 1.62 bits per heavy atom. The minimum atomic E-state index is -1.45. The smallest absolute Gasteiger partial charge is 0.449 e. The molecule has 0 saturated carbocycles. The normalized spacial score (nSPS) is 28.3. The summed E-state index contributed by atoms with van der Waals surface area (Å²) in [6, 6.07) is 0. The predicted molar refractivity (Wildman–Crippen MR) is 55.2 cm³/mol. The van der Waals surface area contributed by atoms with E-state index in [0.717, 1.165) is 0 Å². The molecule has 0 aromatic rings. The molecule has 1 fully saturated rings. The quantitative estimate of drug-likeness (QED) is 0.552. The first kappa shape index (κ1) is 11.3. The fourth-order valence-electron chi connectivity index (χ4n) is 1.84. The van der Waals surface area contributed by atoms with E-state index >= 15 is 0 Å². The molecule has 7 heteroatoms. The van der Waals surface area contributed by atoms with Crippen molar-refractivity contribution in [1.29, 1.82) is 0 Å². The highest BCUT2D eigenvalue weighted by Gasteiger charge is 2.58. The van der Waals surface area contributed by atoms with Gasteiger partial charge >= 0.3 is 6.16 Å². The van der Waals surface area contributed by atoms with Crippen LogP contribution < -0.4 is 0 Å². The van der Waals surface area contributed by atoms with Gasteiger partial charge in [0, 0.05) is 5.41 Å². The average molecular weight is 245 g/mol. The highest BCUT2D eigenvalue weighted by atomic mass is 32.2. The summed E-state index contributed by atoms with van der Waals surface area (Å²) >= 11 is 1.28. The molecule has 88 valence electrons. The van der Waals surface area contributed by atoms with E-state index in [1.807, 2.05) is 0 Å². The summed E-state index contributed by atoms with van der Waals surface area (Å²) in [7, 11) is 0. The summed E-state index contributed by atoms with van der Waals surface area (Å²) in [5.74, 6) is -0.813. The standard InChI is InChI=1S/C9H11NO5S/c1-9(2,14)5-6(11)10-4(15-8(12)13)3-16-7(5)10/h3,5,7,14H,1-2H3,(H,12,13)/t5?,7-/m0/s1. The van der Waals surface area contributed by atoms with Gasteiger partial charge in [0.05, 0.1) is 11.5 Å². The molecule has 1 saturated heterocycles. The second-order valence-corrected chi connectivity index (χ2v) is 5.18. The van der Waals surface area contributed by atoms with Crippen molar-refractivity contribution in [1.82, 2.24) is 4.90 Å². The van der Waals surface area contributed by atoms with Gasteiger partial charge in [-0.2, -0.15) is 0 Å². The van der Waals surface area contributed by atoms with Gasteiger partial charge in [-0.25, -0.2) is 4.79 Å². The molecule has 1 amide bonds. The molecule has 2 N–H and O–H groups in total. The van der Waals surface area contributed by atoms with Gasteiger partial charge in [-0.05, 0) is 13.8 Å². The molecule has 0 spiro atoms. The van der Waals surface area contributed by atoms with Crippen LogP contribution in [-0.2, 0) is 9.53 Å². The average Bonchev–Trinajstić information content (AvgIpc) is 2.38. The number of thioether (sulfide) groups is 1. The molecule has 2 atom stereocenters. The van der Waals surface area contributed by atoms with Crippen molar-refractivity contribution in [3.05, 3.63) is 11.3 Å². The van der Waals surface area contributed by atoms with Gasteiger partial charge in [-0.15, -0.1) is 11.8 Å². The third kappa shape index (κ3) is 1.56. The second kappa shape index (κ2) is 3.39. The molecule has 2 heterocycles. The molecule has 0 radical (unpaired) electrons. The molecule has 2 aliphatic rings.